The molecular formula is C24H21N3O3S. The number of hydrogen-bond donors (Lipinski definition) is 2. The number of carbonyl (C=O) groups is 2. The number of anilines is 1. The molecule has 4 aromatic rings. The quantitative estimate of drug-likeness (QED) is 0.448. The van der Waals surface area contributed by atoms with Crippen LogP contribution in [0, 0.1) is 0 Å². The molecule has 0 bridgehead atoms. The molecule has 7 heteroatoms. The molecule has 0 unspecified atom stereocenters. The number of carbonyl (C=O) groups excluding carboxylic acids is 2. The summed E-state index contributed by atoms with van der Waals surface area (Å²) in [5.41, 5.74) is 1.87. The Kier molecular flexibility index (Phi) is 5.95. The third-order valence-electron chi connectivity index (χ3n) is 4.95. The van der Waals surface area contributed by atoms with Crippen molar-refractivity contribution >= 4 is 28.3 Å². The van der Waals surface area contributed by atoms with Crippen LogP contribution in [0.15, 0.2) is 88.9 Å². The summed E-state index contributed by atoms with van der Waals surface area (Å²) in [7, 11) is 0. The summed E-state index contributed by atoms with van der Waals surface area (Å²) >= 11 is 1.26. The zero-order valence-electron chi connectivity index (χ0n) is 16.9. The molecule has 2 aromatic heterocycles. The summed E-state index contributed by atoms with van der Waals surface area (Å²) in [6.07, 6.45) is 1.53. The highest BCUT2D eigenvalue weighted by atomic mass is 32.1. The van der Waals surface area contributed by atoms with E-state index in [4.69, 9.17) is 4.42 Å². The van der Waals surface area contributed by atoms with Gasteiger partial charge in [0.1, 0.15) is 0 Å². The van der Waals surface area contributed by atoms with E-state index >= 15 is 0 Å². The van der Waals surface area contributed by atoms with Gasteiger partial charge in [0.25, 0.3) is 5.91 Å². The Hall–Kier alpha value is -3.71. The van der Waals surface area contributed by atoms with Crippen molar-refractivity contribution in [1.82, 2.24) is 10.3 Å². The summed E-state index contributed by atoms with van der Waals surface area (Å²) in [5.74, 6) is -0.337. The van der Waals surface area contributed by atoms with Crippen LogP contribution in [0.4, 0.5) is 5.13 Å². The second-order valence-corrected chi connectivity index (χ2v) is 8.02. The molecule has 0 saturated carbocycles. The predicted molar refractivity (Wildman–Crippen MR) is 120 cm³/mol. The molecule has 4 rings (SSSR count). The Labute approximate surface area is 184 Å². The van der Waals surface area contributed by atoms with Crippen molar-refractivity contribution in [1.29, 1.82) is 0 Å². The topological polar surface area (TPSA) is 84.2 Å². The van der Waals surface area contributed by atoms with E-state index in [0.717, 1.165) is 11.1 Å². The number of furan rings is 1. The number of nitrogens with one attached hydrogen (secondary N) is 2. The summed E-state index contributed by atoms with van der Waals surface area (Å²) in [6, 6.07) is 22.9. The van der Waals surface area contributed by atoms with Gasteiger partial charge in [-0.3, -0.25) is 14.9 Å². The Morgan fingerprint density at radius 1 is 0.968 bits per heavy atom. The molecule has 2 heterocycles. The lowest BCUT2D eigenvalue weighted by Gasteiger charge is -2.32. The van der Waals surface area contributed by atoms with Crippen LogP contribution in [0.3, 0.4) is 0 Å². The van der Waals surface area contributed by atoms with Crippen molar-refractivity contribution in [3.8, 4) is 0 Å². The Morgan fingerprint density at radius 3 is 2.19 bits per heavy atom. The first-order valence-corrected chi connectivity index (χ1v) is 10.6. The van der Waals surface area contributed by atoms with Crippen LogP contribution >= 0.6 is 11.3 Å². The average Bonchev–Trinajstić information content (AvgIpc) is 3.47. The third kappa shape index (κ3) is 4.73. The van der Waals surface area contributed by atoms with Crippen molar-refractivity contribution in [2.75, 3.05) is 5.32 Å². The maximum absolute atomic E-state index is 12.9. The summed E-state index contributed by atoms with van der Waals surface area (Å²) in [4.78, 5) is 29.4. The number of thiazole rings is 1. The first-order chi connectivity index (χ1) is 15.0. The van der Waals surface area contributed by atoms with Crippen LogP contribution in [-0.4, -0.2) is 16.8 Å². The lowest BCUT2D eigenvalue weighted by atomic mass is 9.84. The third-order valence-corrected chi connectivity index (χ3v) is 5.76. The number of rotatable bonds is 7. The van der Waals surface area contributed by atoms with Gasteiger partial charge in [-0.25, -0.2) is 4.98 Å². The smallest absolute Gasteiger partial charge is 0.293 e. The molecule has 0 spiro atoms. The first kappa shape index (κ1) is 20.6. The molecule has 0 aliphatic carbocycles. The maximum Gasteiger partial charge on any atom is 0.293 e. The van der Waals surface area contributed by atoms with Crippen LogP contribution < -0.4 is 10.6 Å². The van der Waals surface area contributed by atoms with Gasteiger partial charge >= 0.3 is 0 Å². The van der Waals surface area contributed by atoms with Crippen LogP contribution in [0.25, 0.3) is 0 Å². The zero-order valence-corrected chi connectivity index (χ0v) is 17.7. The zero-order chi connectivity index (χ0) is 21.7. The standard InChI is InChI=1S/C24H21N3O3S/c1-24(17-9-4-2-5-10-17,18-11-6-3-7-12-18)27-21(28)15-19-16-31-23(25-19)26-22(29)20-13-8-14-30-20/h2-14,16H,15H2,1H3,(H,27,28)(H,25,26,29). The first-order valence-electron chi connectivity index (χ1n) is 9.76. The largest absolute Gasteiger partial charge is 0.459 e. The minimum absolute atomic E-state index is 0.0996. The highest BCUT2D eigenvalue weighted by molar-refractivity contribution is 7.14. The minimum atomic E-state index is -0.689. The van der Waals surface area contributed by atoms with Gasteiger partial charge < -0.3 is 9.73 Å². The second-order valence-electron chi connectivity index (χ2n) is 7.16. The van der Waals surface area contributed by atoms with Gasteiger partial charge in [-0.1, -0.05) is 60.7 Å². The average molecular weight is 432 g/mol. The van der Waals surface area contributed by atoms with Gasteiger partial charge in [-0.15, -0.1) is 11.3 Å². The Morgan fingerprint density at radius 2 is 1.61 bits per heavy atom. The SMILES string of the molecule is CC(NC(=O)Cc1csc(NC(=O)c2ccco2)n1)(c1ccccc1)c1ccccc1. The van der Waals surface area contributed by atoms with E-state index in [1.54, 1.807) is 17.5 Å². The number of benzene rings is 2. The molecule has 0 saturated heterocycles. The van der Waals surface area contributed by atoms with E-state index in [9.17, 15) is 9.59 Å². The molecule has 0 aliphatic heterocycles. The Bertz CT molecular complexity index is 1120. The molecule has 6 nitrogen and oxygen atoms in total. The summed E-state index contributed by atoms with van der Waals surface area (Å²) in [5, 5.41) is 8.03. The number of hydrogen-bond acceptors (Lipinski definition) is 5. The van der Waals surface area contributed by atoms with Crippen molar-refractivity contribution in [2.45, 2.75) is 18.9 Å². The lowest BCUT2D eigenvalue weighted by Crippen LogP contribution is -2.45. The fourth-order valence-corrected chi connectivity index (χ4v) is 4.06. The van der Waals surface area contributed by atoms with Crippen LogP contribution in [0.2, 0.25) is 0 Å². The van der Waals surface area contributed by atoms with Crippen molar-refractivity contribution in [3.63, 3.8) is 0 Å². The number of nitrogens with zero attached hydrogens (tertiary/aromatic N) is 1. The molecule has 0 fully saturated rings. The highest BCUT2D eigenvalue weighted by Crippen LogP contribution is 2.29. The summed E-state index contributed by atoms with van der Waals surface area (Å²) < 4.78 is 5.08. The molecule has 2 N–H and O–H groups in total. The van der Waals surface area contributed by atoms with Gasteiger partial charge in [-0.2, -0.15) is 0 Å². The highest BCUT2D eigenvalue weighted by Gasteiger charge is 2.30. The van der Waals surface area contributed by atoms with Gasteiger partial charge in [0.15, 0.2) is 10.9 Å². The molecule has 2 amide bonds. The predicted octanol–water partition coefficient (Wildman–Crippen LogP) is 4.61. The lowest BCUT2D eigenvalue weighted by molar-refractivity contribution is -0.121. The van der Waals surface area contributed by atoms with Gasteiger partial charge in [0.2, 0.25) is 5.91 Å². The molecular weight excluding hydrogens is 410 g/mol. The van der Waals surface area contributed by atoms with Gasteiger partial charge in [0, 0.05) is 5.38 Å². The fraction of sp³-hybridized carbons (Fsp3) is 0.125. The van der Waals surface area contributed by atoms with Crippen LogP contribution in [-0.2, 0) is 16.8 Å². The van der Waals surface area contributed by atoms with Crippen LogP contribution in [0.5, 0.6) is 0 Å². The van der Waals surface area contributed by atoms with E-state index in [1.807, 2.05) is 67.6 Å². The van der Waals surface area contributed by atoms with Crippen molar-refractivity contribution in [2.24, 2.45) is 0 Å². The Balaban J connectivity index is 1.48. The van der Waals surface area contributed by atoms with E-state index < -0.39 is 5.54 Å². The second kappa shape index (κ2) is 8.97. The van der Waals surface area contributed by atoms with E-state index in [0.29, 0.717) is 10.8 Å². The fourth-order valence-electron chi connectivity index (χ4n) is 3.35. The molecule has 31 heavy (non-hydrogen) atoms. The van der Waals surface area contributed by atoms with E-state index in [1.165, 1.54) is 17.6 Å². The monoisotopic (exact) mass is 431 g/mol. The van der Waals surface area contributed by atoms with Crippen molar-refractivity contribution < 1.29 is 14.0 Å². The minimum Gasteiger partial charge on any atom is -0.459 e. The molecule has 0 aliphatic rings. The van der Waals surface area contributed by atoms with E-state index in [2.05, 4.69) is 15.6 Å². The molecule has 156 valence electrons. The molecule has 2 aromatic carbocycles. The number of aromatic nitrogens is 1. The normalized spacial score (nSPS) is 11.1. The maximum atomic E-state index is 12.9. The molecule has 0 atom stereocenters. The van der Waals surface area contributed by atoms with Gasteiger partial charge in [-0.05, 0) is 30.2 Å². The van der Waals surface area contributed by atoms with Gasteiger partial charge in [0.05, 0.1) is 23.9 Å². The molecule has 0 radical (unpaired) electrons. The van der Waals surface area contributed by atoms with Crippen LogP contribution in [0.1, 0.15) is 34.3 Å². The number of amides is 2. The van der Waals surface area contributed by atoms with Crippen molar-refractivity contribution in [3.05, 3.63) is 107 Å². The summed E-state index contributed by atoms with van der Waals surface area (Å²) in [6.45, 7) is 1.99. The van der Waals surface area contributed by atoms with E-state index in [-0.39, 0.29) is 24.0 Å².